The fourth-order valence-electron chi connectivity index (χ4n) is 2.36. The third kappa shape index (κ3) is 4.53. The molecule has 1 heterocycles. The van der Waals surface area contributed by atoms with Crippen molar-refractivity contribution in [3.8, 4) is 5.75 Å². The largest absolute Gasteiger partial charge is 0.462 e. The van der Waals surface area contributed by atoms with Crippen LogP contribution in [0, 0.1) is 0 Å². The highest BCUT2D eigenvalue weighted by Crippen LogP contribution is 2.35. The minimum absolute atomic E-state index is 0.506. The molecule has 0 amide bonds. The molecule has 0 bridgehead atoms. The third-order valence-electron chi connectivity index (χ3n) is 3.39. The molecule has 1 aliphatic rings. The second kappa shape index (κ2) is 6.45. The summed E-state index contributed by atoms with van der Waals surface area (Å²) in [4.78, 5) is 0. The van der Waals surface area contributed by atoms with Gasteiger partial charge in [0.25, 0.3) is 0 Å². The van der Waals surface area contributed by atoms with Crippen molar-refractivity contribution in [1.29, 1.82) is 0 Å². The first-order valence-corrected chi connectivity index (χ1v) is 12.1. The van der Waals surface area contributed by atoms with E-state index in [4.69, 9.17) is 42.7 Å². The van der Waals surface area contributed by atoms with E-state index in [0.717, 1.165) is 36.1 Å². The lowest BCUT2D eigenvalue weighted by molar-refractivity contribution is -0.197. The summed E-state index contributed by atoms with van der Waals surface area (Å²) in [5.74, 6) is 0.399. The van der Waals surface area contributed by atoms with Crippen molar-refractivity contribution in [3.05, 3.63) is 29.3 Å². The van der Waals surface area contributed by atoms with Gasteiger partial charge in [0.05, 0.1) is 6.61 Å². The van der Waals surface area contributed by atoms with Crippen molar-refractivity contribution in [2.75, 3.05) is 0 Å². The standard InChI is InChI=1S/C14H19Cl3O2Si/c1-3-7-14(2)18-10-12-9-11(4-5-13(12)19-14)6-8-20(15,16)17/h4-5,9H,3,6-8,10H2,1-2H3. The molecule has 2 rings (SSSR count). The van der Waals surface area contributed by atoms with E-state index in [9.17, 15) is 0 Å². The van der Waals surface area contributed by atoms with E-state index < -0.39 is 11.8 Å². The summed E-state index contributed by atoms with van der Waals surface area (Å²) in [6.45, 7) is 4.68. The molecule has 0 aromatic heterocycles. The Labute approximate surface area is 135 Å². The van der Waals surface area contributed by atoms with Gasteiger partial charge in [-0.2, -0.15) is 0 Å². The number of aryl methyl sites for hydroxylation is 1. The van der Waals surface area contributed by atoms with Crippen LogP contribution in [0.25, 0.3) is 0 Å². The molecule has 6 heteroatoms. The number of hydrogen-bond donors (Lipinski definition) is 0. The van der Waals surface area contributed by atoms with E-state index >= 15 is 0 Å². The van der Waals surface area contributed by atoms with Crippen molar-refractivity contribution >= 4 is 39.2 Å². The number of rotatable bonds is 5. The molecule has 0 fully saturated rings. The predicted molar refractivity (Wildman–Crippen MR) is 87.0 cm³/mol. The molecular formula is C14H19Cl3O2Si. The van der Waals surface area contributed by atoms with E-state index in [2.05, 4.69) is 13.0 Å². The van der Waals surface area contributed by atoms with Crippen LogP contribution < -0.4 is 4.74 Å². The van der Waals surface area contributed by atoms with Crippen molar-refractivity contribution in [2.45, 2.75) is 51.5 Å². The minimum atomic E-state index is -2.56. The van der Waals surface area contributed by atoms with Gasteiger partial charge < -0.3 is 9.47 Å². The molecule has 20 heavy (non-hydrogen) atoms. The first kappa shape index (κ1) is 16.4. The zero-order chi connectivity index (χ0) is 14.8. The lowest BCUT2D eigenvalue weighted by atomic mass is 10.1. The highest BCUT2D eigenvalue weighted by atomic mass is 35.8. The van der Waals surface area contributed by atoms with Gasteiger partial charge in [0.15, 0.2) is 0 Å². The van der Waals surface area contributed by atoms with Gasteiger partial charge in [0.1, 0.15) is 5.75 Å². The van der Waals surface area contributed by atoms with Gasteiger partial charge in [-0.15, -0.1) is 33.2 Å². The summed E-state index contributed by atoms with van der Waals surface area (Å²) in [6, 6.07) is 4.21. The number of hydrogen-bond acceptors (Lipinski definition) is 2. The van der Waals surface area contributed by atoms with Gasteiger partial charge in [-0.1, -0.05) is 13.0 Å². The average molecular weight is 354 g/mol. The maximum absolute atomic E-state index is 5.97. The van der Waals surface area contributed by atoms with Crippen molar-refractivity contribution < 1.29 is 9.47 Å². The maximum Gasteiger partial charge on any atom is 0.341 e. The van der Waals surface area contributed by atoms with E-state index in [1.54, 1.807) is 0 Å². The Hall–Kier alpha value is 0.0669. The molecule has 0 saturated heterocycles. The van der Waals surface area contributed by atoms with Crippen LogP contribution in [0.2, 0.25) is 6.04 Å². The molecule has 1 aromatic rings. The van der Waals surface area contributed by atoms with Gasteiger partial charge in [0, 0.05) is 18.9 Å². The molecule has 0 aliphatic carbocycles. The second-order valence-corrected chi connectivity index (χ2v) is 14.6. The van der Waals surface area contributed by atoms with Crippen LogP contribution in [-0.4, -0.2) is 11.8 Å². The summed E-state index contributed by atoms with van der Waals surface area (Å²) < 4.78 is 11.8. The zero-order valence-electron chi connectivity index (χ0n) is 11.7. The topological polar surface area (TPSA) is 18.5 Å². The molecule has 0 radical (unpaired) electrons. The molecule has 0 N–H and O–H groups in total. The summed E-state index contributed by atoms with van der Waals surface area (Å²) in [5, 5.41) is 0. The van der Waals surface area contributed by atoms with Crippen molar-refractivity contribution in [1.82, 2.24) is 0 Å². The fraction of sp³-hybridized carbons (Fsp3) is 0.571. The number of fused-ring (bicyclic) bond motifs is 1. The molecule has 1 atom stereocenters. The third-order valence-corrected chi connectivity index (χ3v) is 5.90. The highest BCUT2D eigenvalue weighted by molar-refractivity contribution is 7.64. The Kier molecular flexibility index (Phi) is 5.30. The fourth-order valence-corrected chi connectivity index (χ4v) is 3.78. The molecule has 1 aromatic carbocycles. The van der Waals surface area contributed by atoms with Gasteiger partial charge >= 0.3 is 6.00 Å². The van der Waals surface area contributed by atoms with Gasteiger partial charge in [-0.25, -0.2) is 0 Å². The SMILES string of the molecule is CCCC1(C)OCc2cc(CC[Si](Cl)(Cl)Cl)ccc2O1. The summed E-state index contributed by atoms with van der Waals surface area (Å²) in [7, 11) is 0. The molecule has 1 aliphatic heterocycles. The van der Waals surface area contributed by atoms with E-state index in [0.29, 0.717) is 12.7 Å². The molecule has 112 valence electrons. The van der Waals surface area contributed by atoms with Crippen LogP contribution in [0.5, 0.6) is 5.75 Å². The summed E-state index contributed by atoms with van der Waals surface area (Å²) >= 11 is 17.8. The highest BCUT2D eigenvalue weighted by Gasteiger charge is 2.32. The Morgan fingerprint density at radius 3 is 2.70 bits per heavy atom. The lowest BCUT2D eigenvalue weighted by Gasteiger charge is -2.35. The lowest BCUT2D eigenvalue weighted by Crippen LogP contribution is -2.38. The van der Waals surface area contributed by atoms with Crippen LogP contribution in [0.1, 0.15) is 37.8 Å². The van der Waals surface area contributed by atoms with Crippen molar-refractivity contribution in [3.63, 3.8) is 0 Å². The zero-order valence-corrected chi connectivity index (χ0v) is 15.0. The molecule has 2 nitrogen and oxygen atoms in total. The maximum atomic E-state index is 5.97. The van der Waals surface area contributed by atoms with Gasteiger partial charge in [-0.05, 0) is 36.6 Å². The monoisotopic (exact) mass is 352 g/mol. The molecular weight excluding hydrogens is 335 g/mol. The summed E-state index contributed by atoms with van der Waals surface area (Å²) in [5.41, 5.74) is 2.23. The van der Waals surface area contributed by atoms with E-state index in [-0.39, 0.29) is 0 Å². The molecule has 0 saturated carbocycles. The van der Waals surface area contributed by atoms with Crippen molar-refractivity contribution in [2.24, 2.45) is 0 Å². The summed E-state index contributed by atoms with van der Waals surface area (Å²) in [6.07, 6.45) is 2.69. The first-order chi connectivity index (χ1) is 9.31. The van der Waals surface area contributed by atoms with Crippen LogP contribution >= 0.6 is 33.2 Å². The number of ether oxygens (including phenoxy) is 2. The van der Waals surface area contributed by atoms with Crippen LogP contribution in [0.15, 0.2) is 18.2 Å². The van der Waals surface area contributed by atoms with E-state index in [1.807, 2.05) is 19.1 Å². The van der Waals surface area contributed by atoms with Crippen LogP contribution in [-0.2, 0) is 17.8 Å². The van der Waals surface area contributed by atoms with E-state index in [1.165, 1.54) is 0 Å². The Balaban J connectivity index is 2.07. The van der Waals surface area contributed by atoms with Crippen LogP contribution in [0.4, 0.5) is 0 Å². The quantitative estimate of drug-likeness (QED) is 0.527. The number of benzene rings is 1. The van der Waals surface area contributed by atoms with Gasteiger partial charge in [-0.3, -0.25) is 0 Å². The minimum Gasteiger partial charge on any atom is -0.462 e. The Morgan fingerprint density at radius 1 is 1.30 bits per heavy atom. The smallest absolute Gasteiger partial charge is 0.341 e. The molecule has 1 unspecified atom stereocenters. The second-order valence-electron chi connectivity index (χ2n) is 5.33. The predicted octanol–water partition coefficient (Wildman–Crippen LogP) is 5.31. The molecule has 0 spiro atoms. The average Bonchev–Trinajstić information content (AvgIpc) is 2.35. The Bertz CT molecular complexity index is 476. The first-order valence-electron chi connectivity index (χ1n) is 6.83. The van der Waals surface area contributed by atoms with Crippen LogP contribution in [0.3, 0.4) is 0 Å². The normalized spacial score (nSPS) is 22.2. The Morgan fingerprint density at radius 2 is 2.05 bits per heavy atom. The number of halogens is 3. The van der Waals surface area contributed by atoms with Gasteiger partial charge in [0.2, 0.25) is 5.79 Å².